The molecular formula is C12H16N2. The van der Waals surface area contributed by atoms with Gasteiger partial charge < -0.3 is 10.6 Å². The maximum absolute atomic E-state index is 3.64. The van der Waals surface area contributed by atoms with Crippen molar-refractivity contribution in [2.45, 2.75) is 24.8 Å². The molecule has 14 heavy (non-hydrogen) atoms. The molecule has 2 N–H and O–H groups in total. The molecule has 0 amide bonds. The van der Waals surface area contributed by atoms with Gasteiger partial charge in [-0.2, -0.15) is 0 Å². The third-order valence-corrected chi connectivity index (χ3v) is 3.45. The minimum Gasteiger partial charge on any atom is -0.381 e. The predicted octanol–water partition coefficient (Wildman–Crippen LogP) is 1.95. The normalized spacial score (nSPS) is 30.0. The zero-order valence-electron chi connectivity index (χ0n) is 8.29. The highest BCUT2D eigenvalue weighted by Crippen LogP contribution is 2.39. The minimum atomic E-state index is 0.669. The Morgan fingerprint density at radius 3 is 2.93 bits per heavy atom. The summed E-state index contributed by atoms with van der Waals surface area (Å²) in [6.07, 6.45) is 2.52. The van der Waals surface area contributed by atoms with E-state index in [2.05, 4.69) is 34.9 Å². The van der Waals surface area contributed by atoms with Crippen molar-refractivity contribution >= 4 is 5.69 Å². The predicted molar refractivity (Wildman–Crippen MR) is 58.7 cm³/mol. The molecule has 3 rings (SSSR count). The van der Waals surface area contributed by atoms with Crippen molar-refractivity contribution < 1.29 is 0 Å². The Hall–Kier alpha value is -1.02. The van der Waals surface area contributed by atoms with Gasteiger partial charge in [0, 0.05) is 17.6 Å². The molecule has 74 valence electrons. The molecule has 2 heterocycles. The highest BCUT2D eigenvalue weighted by Gasteiger charge is 2.31. The summed E-state index contributed by atoms with van der Waals surface area (Å²) in [5, 5.41) is 7.10. The molecule has 2 unspecified atom stereocenters. The highest BCUT2D eigenvalue weighted by atomic mass is 15.0. The van der Waals surface area contributed by atoms with E-state index in [0.29, 0.717) is 6.04 Å². The Kier molecular flexibility index (Phi) is 1.95. The lowest BCUT2D eigenvalue weighted by molar-refractivity contribution is 0.578. The SMILES string of the molecule is c1ccc2c(c1)NC1CCNCCC21. The van der Waals surface area contributed by atoms with Crippen LogP contribution in [0.25, 0.3) is 0 Å². The number of benzene rings is 1. The van der Waals surface area contributed by atoms with Gasteiger partial charge >= 0.3 is 0 Å². The smallest absolute Gasteiger partial charge is 0.0378 e. The van der Waals surface area contributed by atoms with Crippen LogP contribution in [0.2, 0.25) is 0 Å². The van der Waals surface area contributed by atoms with Crippen molar-refractivity contribution in [1.29, 1.82) is 0 Å². The summed E-state index contributed by atoms with van der Waals surface area (Å²) in [5.74, 6) is 0.737. The number of rotatable bonds is 0. The van der Waals surface area contributed by atoms with E-state index in [1.54, 1.807) is 0 Å². The summed E-state index contributed by atoms with van der Waals surface area (Å²) in [7, 11) is 0. The second-order valence-electron chi connectivity index (χ2n) is 4.27. The van der Waals surface area contributed by atoms with Crippen LogP contribution in [0.3, 0.4) is 0 Å². The van der Waals surface area contributed by atoms with E-state index in [1.807, 2.05) is 0 Å². The molecule has 0 bridgehead atoms. The van der Waals surface area contributed by atoms with Gasteiger partial charge in [-0.1, -0.05) is 18.2 Å². The standard InChI is InChI=1S/C12H16N2/c1-2-4-11-9(3-1)10-5-7-13-8-6-12(10)14-11/h1-4,10,12-14H,5-8H2. The average molecular weight is 188 g/mol. The van der Waals surface area contributed by atoms with Crippen LogP contribution in [-0.2, 0) is 0 Å². The fraction of sp³-hybridized carbons (Fsp3) is 0.500. The van der Waals surface area contributed by atoms with E-state index in [0.717, 1.165) is 19.0 Å². The zero-order chi connectivity index (χ0) is 9.38. The van der Waals surface area contributed by atoms with Gasteiger partial charge in [0.1, 0.15) is 0 Å². The first kappa shape index (κ1) is 8.30. The Balaban J connectivity index is 1.96. The first-order valence-electron chi connectivity index (χ1n) is 5.51. The molecule has 0 spiro atoms. The molecule has 0 radical (unpaired) electrons. The molecule has 1 saturated heterocycles. The van der Waals surface area contributed by atoms with E-state index in [4.69, 9.17) is 0 Å². The van der Waals surface area contributed by atoms with Gasteiger partial charge in [-0.25, -0.2) is 0 Å². The largest absolute Gasteiger partial charge is 0.381 e. The lowest BCUT2D eigenvalue weighted by Crippen LogP contribution is -2.21. The van der Waals surface area contributed by atoms with E-state index in [9.17, 15) is 0 Å². The van der Waals surface area contributed by atoms with Crippen LogP contribution < -0.4 is 10.6 Å². The number of fused-ring (bicyclic) bond motifs is 3. The third-order valence-electron chi connectivity index (χ3n) is 3.45. The molecule has 2 heteroatoms. The molecule has 2 aliphatic rings. The summed E-state index contributed by atoms with van der Waals surface area (Å²) < 4.78 is 0. The van der Waals surface area contributed by atoms with Crippen molar-refractivity contribution in [2.24, 2.45) is 0 Å². The number of hydrogen-bond acceptors (Lipinski definition) is 2. The van der Waals surface area contributed by atoms with Crippen LogP contribution in [-0.4, -0.2) is 19.1 Å². The third kappa shape index (κ3) is 1.22. The molecule has 2 nitrogen and oxygen atoms in total. The first-order chi connectivity index (χ1) is 6.95. The maximum atomic E-state index is 3.64. The molecule has 0 aromatic heterocycles. The fourth-order valence-electron chi connectivity index (χ4n) is 2.74. The monoisotopic (exact) mass is 188 g/mol. The van der Waals surface area contributed by atoms with E-state index < -0.39 is 0 Å². The second-order valence-corrected chi connectivity index (χ2v) is 4.27. The molecular weight excluding hydrogens is 172 g/mol. The minimum absolute atomic E-state index is 0.669. The Morgan fingerprint density at radius 1 is 1.07 bits per heavy atom. The van der Waals surface area contributed by atoms with Crippen LogP contribution in [0.1, 0.15) is 24.3 Å². The lowest BCUT2D eigenvalue weighted by atomic mass is 9.91. The Labute approximate surface area is 84.7 Å². The molecule has 0 aliphatic carbocycles. The Bertz CT molecular complexity index is 335. The van der Waals surface area contributed by atoms with Gasteiger partial charge in [0.15, 0.2) is 0 Å². The van der Waals surface area contributed by atoms with Crippen molar-refractivity contribution in [3.05, 3.63) is 29.8 Å². The topological polar surface area (TPSA) is 24.1 Å². The lowest BCUT2D eigenvalue weighted by Gasteiger charge is -2.15. The summed E-state index contributed by atoms with van der Waals surface area (Å²) in [6, 6.07) is 9.43. The maximum Gasteiger partial charge on any atom is 0.0378 e. The number of anilines is 1. The van der Waals surface area contributed by atoms with Gasteiger partial charge in [0.05, 0.1) is 0 Å². The zero-order valence-corrected chi connectivity index (χ0v) is 8.29. The van der Waals surface area contributed by atoms with Crippen molar-refractivity contribution in [1.82, 2.24) is 5.32 Å². The van der Waals surface area contributed by atoms with Crippen molar-refractivity contribution in [2.75, 3.05) is 18.4 Å². The summed E-state index contributed by atoms with van der Waals surface area (Å²) >= 11 is 0. The van der Waals surface area contributed by atoms with Crippen LogP contribution in [0.5, 0.6) is 0 Å². The van der Waals surface area contributed by atoms with E-state index >= 15 is 0 Å². The Morgan fingerprint density at radius 2 is 1.93 bits per heavy atom. The van der Waals surface area contributed by atoms with Crippen molar-refractivity contribution in [3.63, 3.8) is 0 Å². The van der Waals surface area contributed by atoms with E-state index in [1.165, 1.54) is 24.1 Å². The average Bonchev–Trinajstić information content (AvgIpc) is 2.42. The van der Waals surface area contributed by atoms with Crippen LogP contribution in [0.15, 0.2) is 24.3 Å². The second kappa shape index (κ2) is 3.28. The number of nitrogens with one attached hydrogen (secondary N) is 2. The summed E-state index contributed by atoms with van der Waals surface area (Å²) in [6.45, 7) is 2.32. The van der Waals surface area contributed by atoms with Crippen LogP contribution in [0.4, 0.5) is 5.69 Å². The quantitative estimate of drug-likeness (QED) is 0.650. The molecule has 2 aliphatic heterocycles. The van der Waals surface area contributed by atoms with Gasteiger partial charge in [0.2, 0.25) is 0 Å². The molecule has 1 aromatic rings. The fourth-order valence-corrected chi connectivity index (χ4v) is 2.74. The molecule has 0 saturated carbocycles. The number of hydrogen-bond donors (Lipinski definition) is 2. The summed E-state index contributed by atoms with van der Waals surface area (Å²) in [5.41, 5.74) is 2.89. The first-order valence-corrected chi connectivity index (χ1v) is 5.51. The van der Waals surface area contributed by atoms with Crippen LogP contribution >= 0.6 is 0 Å². The van der Waals surface area contributed by atoms with Gasteiger partial charge in [0.25, 0.3) is 0 Å². The van der Waals surface area contributed by atoms with Crippen LogP contribution in [0, 0.1) is 0 Å². The summed E-state index contributed by atoms with van der Waals surface area (Å²) in [4.78, 5) is 0. The molecule has 2 atom stereocenters. The van der Waals surface area contributed by atoms with Gasteiger partial charge in [-0.3, -0.25) is 0 Å². The molecule has 1 aromatic carbocycles. The van der Waals surface area contributed by atoms with Gasteiger partial charge in [-0.05, 0) is 37.6 Å². The number of para-hydroxylation sites is 1. The molecule has 1 fully saturated rings. The van der Waals surface area contributed by atoms with Gasteiger partial charge in [-0.15, -0.1) is 0 Å². The van der Waals surface area contributed by atoms with E-state index in [-0.39, 0.29) is 0 Å². The van der Waals surface area contributed by atoms with Crippen molar-refractivity contribution in [3.8, 4) is 0 Å². The highest BCUT2D eigenvalue weighted by molar-refractivity contribution is 5.59.